The zero-order valence-electron chi connectivity index (χ0n) is 12.8. The molecular weight excluding hydrogens is 270 g/mol. The van der Waals surface area contributed by atoms with Gasteiger partial charge >= 0.3 is 5.97 Å². The first kappa shape index (κ1) is 16.9. The second-order valence-electron chi connectivity index (χ2n) is 5.11. The van der Waals surface area contributed by atoms with Gasteiger partial charge in [0.05, 0.1) is 0 Å². The van der Waals surface area contributed by atoms with Crippen molar-refractivity contribution in [2.75, 3.05) is 12.4 Å². The minimum Gasteiger partial charge on any atom is -0.478 e. The normalized spacial score (nSPS) is 11.6. The summed E-state index contributed by atoms with van der Waals surface area (Å²) in [7, 11) is 1.49. The van der Waals surface area contributed by atoms with Gasteiger partial charge in [0.1, 0.15) is 5.60 Å². The van der Waals surface area contributed by atoms with Gasteiger partial charge in [0.2, 0.25) is 0 Å². The fourth-order valence-electron chi connectivity index (χ4n) is 1.66. The molecule has 0 aromatic heterocycles. The summed E-state index contributed by atoms with van der Waals surface area (Å²) in [6.45, 7) is 5.35. The molecule has 0 saturated carbocycles. The van der Waals surface area contributed by atoms with Crippen LogP contribution in [0.15, 0.2) is 24.3 Å². The number of aliphatic carboxylic acids is 1. The average Bonchev–Trinajstić information content (AvgIpc) is 2.45. The number of aryl methyl sites for hydroxylation is 1. The lowest BCUT2D eigenvalue weighted by Gasteiger charge is -2.22. The van der Waals surface area contributed by atoms with Crippen LogP contribution in [0.5, 0.6) is 0 Å². The molecule has 5 nitrogen and oxygen atoms in total. The summed E-state index contributed by atoms with van der Waals surface area (Å²) < 4.78 is 5.15. The molecule has 1 aromatic rings. The molecular formula is C16H21NO4. The number of hydrogen-bond acceptors (Lipinski definition) is 3. The van der Waals surface area contributed by atoms with Crippen molar-refractivity contribution in [3.8, 4) is 0 Å². The van der Waals surface area contributed by atoms with Gasteiger partial charge in [0.25, 0.3) is 5.91 Å². The second-order valence-corrected chi connectivity index (χ2v) is 5.11. The molecule has 0 aliphatic carbocycles. The lowest BCUT2D eigenvalue weighted by molar-refractivity contribution is -0.133. The second kappa shape index (κ2) is 7.04. The van der Waals surface area contributed by atoms with Gasteiger partial charge in [0, 0.05) is 18.9 Å². The van der Waals surface area contributed by atoms with Crippen LogP contribution in [0.1, 0.15) is 31.9 Å². The van der Waals surface area contributed by atoms with Gasteiger partial charge in [-0.05, 0) is 49.6 Å². The molecule has 0 bridgehead atoms. The Morgan fingerprint density at radius 1 is 1.38 bits per heavy atom. The van der Waals surface area contributed by atoms with Gasteiger partial charge in [0.15, 0.2) is 0 Å². The van der Waals surface area contributed by atoms with Gasteiger partial charge < -0.3 is 15.2 Å². The number of carbonyl (C=O) groups excluding carboxylic acids is 1. The molecule has 1 amide bonds. The number of carboxylic acid groups (broad SMARTS) is 1. The fraction of sp³-hybridized carbons (Fsp3) is 0.375. The number of rotatable bonds is 6. The first-order valence-corrected chi connectivity index (χ1v) is 6.70. The quantitative estimate of drug-likeness (QED) is 0.790. The van der Waals surface area contributed by atoms with Gasteiger partial charge in [-0.3, -0.25) is 4.79 Å². The number of carbonyl (C=O) groups is 2. The third kappa shape index (κ3) is 4.72. The topological polar surface area (TPSA) is 75.6 Å². The van der Waals surface area contributed by atoms with Crippen LogP contribution in [0.4, 0.5) is 5.69 Å². The van der Waals surface area contributed by atoms with Crippen molar-refractivity contribution in [2.45, 2.75) is 32.8 Å². The van der Waals surface area contributed by atoms with Crippen molar-refractivity contribution in [2.24, 2.45) is 0 Å². The third-order valence-corrected chi connectivity index (χ3v) is 3.23. The van der Waals surface area contributed by atoms with Crippen molar-refractivity contribution in [3.05, 3.63) is 35.4 Å². The zero-order chi connectivity index (χ0) is 16.0. The van der Waals surface area contributed by atoms with Gasteiger partial charge in [-0.1, -0.05) is 13.0 Å². The molecule has 0 radical (unpaired) electrons. The number of ether oxygens (including phenoxy) is 1. The molecule has 114 valence electrons. The highest BCUT2D eigenvalue weighted by Gasteiger charge is 2.27. The van der Waals surface area contributed by atoms with E-state index in [1.54, 1.807) is 26.0 Å². The fourth-order valence-corrected chi connectivity index (χ4v) is 1.66. The summed E-state index contributed by atoms with van der Waals surface area (Å²) >= 11 is 0. The highest BCUT2D eigenvalue weighted by atomic mass is 16.5. The molecule has 0 atom stereocenters. The maximum atomic E-state index is 12.1. The molecule has 0 aliphatic heterocycles. The van der Waals surface area contributed by atoms with E-state index in [0.29, 0.717) is 5.69 Å². The van der Waals surface area contributed by atoms with Crippen molar-refractivity contribution in [1.82, 2.24) is 0 Å². The van der Waals surface area contributed by atoms with Crippen LogP contribution in [-0.2, 0) is 20.7 Å². The minimum absolute atomic E-state index is 0.228. The first-order valence-electron chi connectivity index (χ1n) is 6.70. The Bertz CT molecular complexity index is 561. The first-order chi connectivity index (χ1) is 9.80. The molecule has 0 spiro atoms. The standard InChI is InChI=1S/C16H21NO4/c1-5-12-10-11(7-9-14(18)19)6-8-13(12)17-15(20)16(2,3)21-4/h6-10H,5H2,1-4H3,(H,17,20)(H,18,19)/b9-7+. The van der Waals surface area contributed by atoms with Crippen LogP contribution in [0.3, 0.4) is 0 Å². The van der Waals surface area contributed by atoms with Crippen LogP contribution in [0.2, 0.25) is 0 Å². The van der Waals surface area contributed by atoms with Crippen LogP contribution in [0.25, 0.3) is 6.08 Å². The molecule has 0 heterocycles. The van der Waals surface area contributed by atoms with Crippen molar-refractivity contribution >= 4 is 23.6 Å². The van der Waals surface area contributed by atoms with Crippen LogP contribution < -0.4 is 5.32 Å². The Balaban J connectivity index is 2.99. The van der Waals surface area contributed by atoms with Gasteiger partial charge in [-0.2, -0.15) is 0 Å². The van der Waals surface area contributed by atoms with E-state index in [-0.39, 0.29) is 5.91 Å². The smallest absolute Gasteiger partial charge is 0.328 e. The Labute approximate surface area is 124 Å². The monoisotopic (exact) mass is 291 g/mol. The van der Waals surface area contributed by atoms with E-state index in [0.717, 1.165) is 23.6 Å². The van der Waals surface area contributed by atoms with E-state index < -0.39 is 11.6 Å². The Kier molecular flexibility index (Phi) is 5.67. The average molecular weight is 291 g/mol. The summed E-state index contributed by atoms with van der Waals surface area (Å²) in [5, 5.41) is 11.5. The molecule has 0 aliphatic rings. The summed E-state index contributed by atoms with van der Waals surface area (Å²) in [4.78, 5) is 22.6. The lowest BCUT2D eigenvalue weighted by atomic mass is 10.0. The predicted molar refractivity (Wildman–Crippen MR) is 82.2 cm³/mol. The van der Waals surface area contributed by atoms with Gasteiger partial charge in [-0.15, -0.1) is 0 Å². The van der Waals surface area contributed by atoms with Crippen LogP contribution in [0, 0.1) is 0 Å². The molecule has 0 unspecified atom stereocenters. The van der Waals surface area contributed by atoms with E-state index in [1.807, 2.05) is 13.0 Å². The molecule has 1 aromatic carbocycles. The van der Waals surface area contributed by atoms with E-state index in [2.05, 4.69) is 5.32 Å². The van der Waals surface area contributed by atoms with Gasteiger partial charge in [-0.25, -0.2) is 4.79 Å². The molecule has 2 N–H and O–H groups in total. The van der Waals surface area contributed by atoms with E-state index >= 15 is 0 Å². The maximum Gasteiger partial charge on any atom is 0.328 e. The number of carboxylic acids is 1. The summed E-state index contributed by atoms with van der Waals surface area (Å²) in [5.41, 5.74) is 1.51. The Hall–Kier alpha value is -2.14. The number of nitrogens with one attached hydrogen (secondary N) is 1. The van der Waals surface area contributed by atoms with Crippen molar-refractivity contribution < 1.29 is 19.4 Å². The third-order valence-electron chi connectivity index (χ3n) is 3.23. The van der Waals surface area contributed by atoms with Crippen molar-refractivity contribution in [1.29, 1.82) is 0 Å². The van der Waals surface area contributed by atoms with E-state index in [1.165, 1.54) is 13.2 Å². The number of benzene rings is 1. The summed E-state index contributed by atoms with van der Waals surface area (Å²) in [6, 6.07) is 5.38. The van der Waals surface area contributed by atoms with Crippen LogP contribution in [-0.4, -0.2) is 29.7 Å². The summed E-state index contributed by atoms with van der Waals surface area (Å²) in [6.07, 6.45) is 3.32. The maximum absolute atomic E-state index is 12.1. The molecule has 21 heavy (non-hydrogen) atoms. The SMILES string of the molecule is CCc1cc(/C=C/C(=O)O)ccc1NC(=O)C(C)(C)OC. The number of anilines is 1. The number of amides is 1. The van der Waals surface area contributed by atoms with E-state index in [4.69, 9.17) is 9.84 Å². The highest BCUT2D eigenvalue weighted by molar-refractivity contribution is 5.97. The van der Waals surface area contributed by atoms with E-state index in [9.17, 15) is 9.59 Å². The lowest BCUT2D eigenvalue weighted by Crippen LogP contribution is -2.39. The Morgan fingerprint density at radius 2 is 2.05 bits per heavy atom. The summed E-state index contributed by atoms with van der Waals surface area (Å²) in [5.74, 6) is -1.22. The zero-order valence-corrected chi connectivity index (χ0v) is 12.8. The Morgan fingerprint density at radius 3 is 2.57 bits per heavy atom. The number of hydrogen-bond donors (Lipinski definition) is 2. The molecule has 0 saturated heterocycles. The molecule has 1 rings (SSSR count). The minimum atomic E-state index is -0.993. The predicted octanol–water partition coefficient (Wildman–Crippen LogP) is 2.71. The molecule has 5 heteroatoms. The number of methoxy groups -OCH3 is 1. The molecule has 0 fully saturated rings. The highest BCUT2D eigenvalue weighted by Crippen LogP contribution is 2.21. The van der Waals surface area contributed by atoms with Crippen molar-refractivity contribution in [3.63, 3.8) is 0 Å². The van der Waals surface area contributed by atoms with Crippen LogP contribution >= 0.6 is 0 Å². The largest absolute Gasteiger partial charge is 0.478 e.